The van der Waals surface area contributed by atoms with Crippen LogP contribution in [0.5, 0.6) is 0 Å². The molecule has 0 saturated carbocycles. The van der Waals surface area contributed by atoms with E-state index in [0.717, 1.165) is 25.6 Å². The molecule has 0 aliphatic carbocycles. The third-order valence-corrected chi connectivity index (χ3v) is 6.32. The van der Waals surface area contributed by atoms with Crippen LogP contribution < -0.4 is 5.32 Å². The van der Waals surface area contributed by atoms with Gasteiger partial charge in [0.05, 0.1) is 11.4 Å². The van der Waals surface area contributed by atoms with Gasteiger partial charge in [0.25, 0.3) is 5.91 Å². The second-order valence-electron chi connectivity index (χ2n) is 7.06. The summed E-state index contributed by atoms with van der Waals surface area (Å²) < 4.78 is 23.8. The van der Waals surface area contributed by atoms with Gasteiger partial charge in [-0.05, 0) is 37.5 Å². The summed E-state index contributed by atoms with van der Waals surface area (Å²) in [6.45, 7) is 4.61. The summed E-state index contributed by atoms with van der Waals surface area (Å²) in [5, 5.41) is 3.06. The van der Waals surface area contributed by atoms with Gasteiger partial charge in [0.1, 0.15) is 0 Å². The highest BCUT2D eigenvalue weighted by atomic mass is 35.5. The van der Waals surface area contributed by atoms with E-state index in [1.54, 1.807) is 24.0 Å². The summed E-state index contributed by atoms with van der Waals surface area (Å²) in [5.74, 6) is -0.104. The van der Waals surface area contributed by atoms with E-state index in [-0.39, 0.29) is 35.2 Å². The normalized spacial score (nSPS) is 21.0. The van der Waals surface area contributed by atoms with Crippen molar-refractivity contribution in [3.63, 3.8) is 0 Å². The van der Waals surface area contributed by atoms with Crippen LogP contribution in [0.3, 0.4) is 0 Å². The van der Waals surface area contributed by atoms with Gasteiger partial charge in [-0.2, -0.15) is 0 Å². The molecule has 2 saturated heterocycles. The van der Waals surface area contributed by atoms with Crippen molar-refractivity contribution in [2.75, 3.05) is 39.0 Å². The second kappa shape index (κ2) is 8.58. The highest BCUT2D eigenvalue weighted by Gasteiger charge is 2.32. The summed E-state index contributed by atoms with van der Waals surface area (Å²) in [6, 6.07) is 4.84. The molecular weight excluding hydrogens is 390 g/mol. The molecule has 2 aliphatic heterocycles. The number of carbonyl (C=O) groups excluding carboxylic acids is 2. The fourth-order valence-corrected chi connectivity index (χ4v) is 4.71. The molecule has 1 unspecified atom stereocenters. The molecule has 1 aromatic carbocycles. The maximum atomic E-state index is 12.9. The number of benzene rings is 1. The van der Waals surface area contributed by atoms with Crippen molar-refractivity contribution in [1.82, 2.24) is 15.1 Å². The maximum absolute atomic E-state index is 12.9. The van der Waals surface area contributed by atoms with Gasteiger partial charge in [0.15, 0.2) is 9.84 Å². The summed E-state index contributed by atoms with van der Waals surface area (Å²) in [4.78, 5) is 28.8. The third kappa shape index (κ3) is 4.80. The fraction of sp³-hybridized carbons (Fsp3) is 0.556. The Hall–Kier alpha value is -1.64. The topological polar surface area (TPSA) is 86.8 Å². The quantitative estimate of drug-likeness (QED) is 0.791. The Morgan fingerprint density at radius 2 is 2.00 bits per heavy atom. The highest BCUT2D eigenvalue weighted by Crippen LogP contribution is 2.22. The number of hydrogen-bond donors (Lipinski definition) is 1. The van der Waals surface area contributed by atoms with Crippen molar-refractivity contribution in [2.45, 2.75) is 30.7 Å². The Kier molecular flexibility index (Phi) is 6.88. The van der Waals surface area contributed by atoms with Crippen LogP contribution in [0.15, 0.2) is 23.1 Å². The Morgan fingerprint density at radius 1 is 1.26 bits per heavy atom. The number of likely N-dealkylation sites (tertiary alicyclic amines) is 1. The van der Waals surface area contributed by atoms with E-state index in [9.17, 15) is 18.0 Å². The zero-order valence-electron chi connectivity index (χ0n) is 15.6. The van der Waals surface area contributed by atoms with E-state index in [4.69, 9.17) is 0 Å². The van der Waals surface area contributed by atoms with Gasteiger partial charge in [-0.25, -0.2) is 8.42 Å². The first kappa shape index (κ1) is 21.7. The molecule has 0 bridgehead atoms. The van der Waals surface area contributed by atoms with Crippen LogP contribution in [0.25, 0.3) is 0 Å². The number of piperidine rings is 1. The van der Waals surface area contributed by atoms with E-state index in [2.05, 4.69) is 5.32 Å². The van der Waals surface area contributed by atoms with Crippen LogP contribution in [0.4, 0.5) is 0 Å². The zero-order valence-corrected chi connectivity index (χ0v) is 17.2. The number of piperazine rings is 1. The van der Waals surface area contributed by atoms with E-state index in [0.29, 0.717) is 37.3 Å². The van der Waals surface area contributed by atoms with Crippen LogP contribution in [-0.4, -0.2) is 75.1 Å². The van der Waals surface area contributed by atoms with Crippen LogP contribution in [0.2, 0.25) is 0 Å². The van der Waals surface area contributed by atoms with Crippen molar-refractivity contribution in [3.8, 4) is 0 Å². The van der Waals surface area contributed by atoms with Crippen LogP contribution >= 0.6 is 12.4 Å². The van der Waals surface area contributed by atoms with Gasteiger partial charge in [0, 0.05) is 44.0 Å². The molecule has 150 valence electrons. The van der Waals surface area contributed by atoms with Crippen molar-refractivity contribution in [1.29, 1.82) is 0 Å². The summed E-state index contributed by atoms with van der Waals surface area (Å²) >= 11 is 0. The number of halogens is 1. The molecule has 2 heterocycles. The number of nitrogens with one attached hydrogen (secondary N) is 1. The fourth-order valence-electron chi connectivity index (χ4n) is 3.72. The van der Waals surface area contributed by atoms with Crippen LogP contribution in [0, 0.1) is 6.92 Å². The summed E-state index contributed by atoms with van der Waals surface area (Å²) in [6.07, 6.45) is 2.87. The monoisotopic (exact) mass is 415 g/mol. The average molecular weight is 416 g/mol. The van der Waals surface area contributed by atoms with Gasteiger partial charge >= 0.3 is 0 Å². The van der Waals surface area contributed by atoms with E-state index in [1.807, 2.05) is 4.90 Å². The minimum Gasteiger partial charge on any atom is -0.337 e. The molecule has 0 aromatic heterocycles. The lowest BCUT2D eigenvalue weighted by Gasteiger charge is -2.41. The molecule has 1 N–H and O–H groups in total. The van der Waals surface area contributed by atoms with Gasteiger partial charge < -0.3 is 15.1 Å². The molecule has 9 heteroatoms. The SMILES string of the molecule is Cc1ccc(C(=O)N2CCCC(N3CCNCC3=O)C2)cc1S(C)(=O)=O.Cl. The molecule has 27 heavy (non-hydrogen) atoms. The Morgan fingerprint density at radius 3 is 2.67 bits per heavy atom. The maximum Gasteiger partial charge on any atom is 0.253 e. The van der Waals surface area contributed by atoms with Gasteiger partial charge in [0.2, 0.25) is 5.91 Å². The second-order valence-corrected chi connectivity index (χ2v) is 9.05. The summed E-state index contributed by atoms with van der Waals surface area (Å²) in [7, 11) is -3.39. The molecule has 7 nitrogen and oxygen atoms in total. The number of amides is 2. The number of nitrogens with zero attached hydrogens (tertiary/aromatic N) is 2. The standard InChI is InChI=1S/C18H25N3O4S.ClH/c1-13-5-6-14(10-16(13)26(2,24)25)18(23)20-8-3-4-15(12-20)21-9-7-19-11-17(21)22;/h5-6,10,15,19H,3-4,7-9,11-12H2,1-2H3;1H. The molecule has 0 spiro atoms. The smallest absolute Gasteiger partial charge is 0.253 e. The first-order valence-electron chi connectivity index (χ1n) is 8.87. The lowest BCUT2D eigenvalue weighted by atomic mass is 10.0. The molecular formula is C18H26ClN3O4S. The van der Waals surface area contributed by atoms with E-state index in [1.165, 1.54) is 6.07 Å². The van der Waals surface area contributed by atoms with Crippen molar-refractivity contribution in [2.24, 2.45) is 0 Å². The largest absolute Gasteiger partial charge is 0.337 e. The molecule has 2 amide bonds. The molecule has 3 rings (SSSR count). The number of carbonyl (C=O) groups is 2. The van der Waals surface area contributed by atoms with Gasteiger partial charge in [-0.15, -0.1) is 12.4 Å². The first-order chi connectivity index (χ1) is 12.3. The van der Waals surface area contributed by atoms with Crippen LogP contribution in [-0.2, 0) is 14.6 Å². The molecule has 0 radical (unpaired) electrons. The Balaban J connectivity index is 0.00000261. The molecule has 2 fully saturated rings. The molecule has 2 aliphatic rings. The van der Waals surface area contributed by atoms with Crippen molar-refractivity contribution < 1.29 is 18.0 Å². The molecule has 1 aromatic rings. The number of hydrogen-bond acceptors (Lipinski definition) is 5. The molecule has 1 atom stereocenters. The lowest BCUT2D eigenvalue weighted by molar-refractivity contribution is -0.135. The number of rotatable bonds is 3. The minimum absolute atomic E-state index is 0. The minimum atomic E-state index is -3.39. The predicted octanol–water partition coefficient (Wildman–Crippen LogP) is 0.857. The van der Waals surface area contributed by atoms with Crippen molar-refractivity contribution >= 4 is 34.1 Å². The first-order valence-corrected chi connectivity index (χ1v) is 10.8. The van der Waals surface area contributed by atoms with Crippen LogP contribution in [0.1, 0.15) is 28.8 Å². The number of aryl methyl sites for hydroxylation is 1. The predicted molar refractivity (Wildman–Crippen MR) is 105 cm³/mol. The van der Waals surface area contributed by atoms with E-state index >= 15 is 0 Å². The van der Waals surface area contributed by atoms with Gasteiger partial charge in [-0.3, -0.25) is 9.59 Å². The highest BCUT2D eigenvalue weighted by molar-refractivity contribution is 7.90. The number of sulfone groups is 1. The zero-order chi connectivity index (χ0) is 18.9. The van der Waals surface area contributed by atoms with Crippen molar-refractivity contribution in [3.05, 3.63) is 29.3 Å². The lowest BCUT2D eigenvalue weighted by Crippen LogP contribution is -2.57. The summed E-state index contributed by atoms with van der Waals surface area (Å²) in [5.41, 5.74) is 1.01. The van der Waals surface area contributed by atoms with E-state index < -0.39 is 9.84 Å². The Labute approximate surface area is 166 Å². The average Bonchev–Trinajstić information content (AvgIpc) is 2.61. The Bertz CT molecular complexity index is 828. The van der Waals surface area contributed by atoms with Gasteiger partial charge in [-0.1, -0.05) is 6.07 Å². The third-order valence-electron chi connectivity index (χ3n) is 5.09.